The second-order valence-corrected chi connectivity index (χ2v) is 11.3. The van der Waals surface area contributed by atoms with Crippen LogP contribution in [0.5, 0.6) is 5.75 Å². The van der Waals surface area contributed by atoms with Crippen LogP contribution in [0.25, 0.3) is 0 Å². The van der Waals surface area contributed by atoms with Crippen molar-refractivity contribution in [3.8, 4) is 5.75 Å². The number of amides is 1. The fourth-order valence-corrected chi connectivity index (χ4v) is 5.08. The van der Waals surface area contributed by atoms with Crippen molar-refractivity contribution in [3.63, 3.8) is 0 Å². The van der Waals surface area contributed by atoms with Gasteiger partial charge < -0.3 is 45.3 Å². The lowest BCUT2D eigenvalue weighted by Gasteiger charge is -2.40. The molecule has 0 bridgehead atoms. The summed E-state index contributed by atoms with van der Waals surface area (Å²) < 4.78 is 21.9. The molecule has 1 fully saturated rings. The summed E-state index contributed by atoms with van der Waals surface area (Å²) in [6.45, 7) is 5.42. The third-order valence-corrected chi connectivity index (χ3v) is 7.58. The fraction of sp³-hybridized carbons (Fsp3) is 0.517. The summed E-state index contributed by atoms with van der Waals surface area (Å²) in [4.78, 5) is 25.3. The van der Waals surface area contributed by atoms with Crippen molar-refractivity contribution in [1.29, 1.82) is 0 Å². The van der Waals surface area contributed by atoms with E-state index in [0.29, 0.717) is 24.4 Å². The smallest absolute Gasteiger partial charge is 0.339 e. The Hall–Kier alpha value is -2.48. The van der Waals surface area contributed by atoms with E-state index < -0.39 is 49.3 Å². The first kappa shape index (κ1) is 34.0. The van der Waals surface area contributed by atoms with Gasteiger partial charge in [0.25, 0.3) is 0 Å². The predicted octanol–water partition coefficient (Wildman–Crippen LogP) is 2.48. The lowest BCUT2D eigenvalue weighted by atomic mass is 9.99. The Morgan fingerprint density at radius 3 is 2.48 bits per heavy atom. The number of benzene rings is 2. The molecule has 1 amide bonds. The van der Waals surface area contributed by atoms with Crippen LogP contribution in [0, 0.1) is 12.8 Å². The van der Waals surface area contributed by atoms with Crippen LogP contribution in [0.3, 0.4) is 0 Å². The minimum absolute atomic E-state index is 0.00610. The summed E-state index contributed by atoms with van der Waals surface area (Å²) in [7, 11) is 1.27. The van der Waals surface area contributed by atoms with Crippen LogP contribution in [0.4, 0.5) is 0 Å². The Morgan fingerprint density at radius 2 is 1.83 bits per heavy atom. The molecule has 13 heteroatoms. The molecule has 6 atom stereocenters. The van der Waals surface area contributed by atoms with E-state index >= 15 is 0 Å². The highest BCUT2D eigenvalue weighted by molar-refractivity contribution is 6.38. The minimum atomic E-state index is -1.58. The van der Waals surface area contributed by atoms with Crippen LogP contribution < -0.4 is 15.8 Å². The van der Waals surface area contributed by atoms with E-state index in [9.17, 15) is 24.9 Å². The molecule has 11 nitrogen and oxygen atoms in total. The lowest BCUT2D eigenvalue weighted by Crippen LogP contribution is -2.60. The first-order valence-corrected chi connectivity index (χ1v) is 14.2. The molecule has 1 aliphatic heterocycles. The molecule has 1 aliphatic rings. The van der Waals surface area contributed by atoms with Gasteiger partial charge in [0.15, 0.2) is 18.1 Å². The van der Waals surface area contributed by atoms with E-state index in [0.717, 1.165) is 11.1 Å². The van der Waals surface area contributed by atoms with E-state index in [-0.39, 0.29) is 33.9 Å². The van der Waals surface area contributed by atoms with Crippen LogP contribution in [0.15, 0.2) is 30.3 Å². The molecule has 0 aromatic heterocycles. The average Bonchev–Trinajstić information content (AvgIpc) is 2.96. The number of halogens is 2. The van der Waals surface area contributed by atoms with Crippen LogP contribution in [-0.2, 0) is 32.2 Å². The standard InChI is InChI=1S/C29H38Cl2N2O9/c1-14(2)8-20(32)27(37)33-11-16-6-5-7-17(9-16)13-40-25-19(30)10-18(15(3)22(25)31)28(38)42-26-24(36)23(35)21(12-34)41-29(26)39-4/h5-7,9-10,14,20-21,23-24,26,29,34-36H,8,11-13,32H2,1-4H3,(H,33,37)/t20-,21+,23+,24-,26+,29-/m0/s1. The number of hydrogen-bond donors (Lipinski definition) is 5. The molecular weight excluding hydrogens is 591 g/mol. The number of methoxy groups -OCH3 is 1. The molecule has 0 radical (unpaired) electrons. The first-order valence-electron chi connectivity index (χ1n) is 13.5. The van der Waals surface area contributed by atoms with Gasteiger partial charge in [-0.1, -0.05) is 61.3 Å². The fourth-order valence-electron chi connectivity index (χ4n) is 4.52. The Labute approximate surface area is 254 Å². The molecule has 3 rings (SSSR count). The second kappa shape index (κ2) is 15.3. The Balaban J connectivity index is 1.68. The summed E-state index contributed by atoms with van der Waals surface area (Å²) in [6, 6.07) is 8.17. The normalized spacial score (nSPS) is 23.0. The maximum Gasteiger partial charge on any atom is 0.339 e. The highest BCUT2D eigenvalue weighted by atomic mass is 35.5. The number of nitrogens with two attached hydrogens (primary N) is 1. The summed E-state index contributed by atoms with van der Waals surface area (Å²) in [5.41, 5.74) is 7.91. The summed E-state index contributed by atoms with van der Waals surface area (Å²) in [5, 5.41) is 33.0. The molecule has 1 saturated heterocycles. The van der Waals surface area contributed by atoms with Crippen LogP contribution >= 0.6 is 23.2 Å². The maximum atomic E-state index is 13.1. The number of ether oxygens (including phenoxy) is 4. The van der Waals surface area contributed by atoms with Crippen molar-refractivity contribution in [2.75, 3.05) is 13.7 Å². The molecule has 2 aromatic carbocycles. The van der Waals surface area contributed by atoms with Crippen molar-refractivity contribution < 1.29 is 43.9 Å². The molecule has 6 N–H and O–H groups in total. The summed E-state index contributed by atoms with van der Waals surface area (Å²) in [5.74, 6) is -0.644. The van der Waals surface area contributed by atoms with Gasteiger partial charge in [-0.2, -0.15) is 0 Å². The van der Waals surface area contributed by atoms with E-state index in [1.54, 1.807) is 6.92 Å². The summed E-state index contributed by atoms with van der Waals surface area (Å²) in [6.07, 6.45) is -6.25. The van der Waals surface area contributed by atoms with Crippen molar-refractivity contribution >= 4 is 35.1 Å². The van der Waals surface area contributed by atoms with Gasteiger partial charge in [-0.05, 0) is 42.0 Å². The van der Waals surface area contributed by atoms with Gasteiger partial charge in [0.1, 0.15) is 24.9 Å². The third kappa shape index (κ3) is 8.33. The van der Waals surface area contributed by atoms with Crippen molar-refractivity contribution in [2.45, 2.75) is 77.1 Å². The number of hydrogen-bond acceptors (Lipinski definition) is 10. The van der Waals surface area contributed by atoms with E-state index in [1.807, 2.05) is 38.1 Å². The van der Waals surface area contributed by atoms with E-state index in [1.165, 1.54) is 13.2 Å². The average molecular weight is 630 g/mol. The van der Waals surface area contributed by atoms with Gasteiger partial charge in [0.2, 0.25) is 5.91 Å². The number of rotatable bonds is 12. The number of carbonyl (C=O) groups excluding carboxylic acids is 2. The number of aliphatic hydroxyl groups excluding tert-OH is 3. The first-order chi connectivity index (χ1) is 19.9. The van der Waals surface area contributed by atoms with Gasteiger partial charge >= 0.3 is 5.97 Å². The van der Waals surface area contributed by atoms with Gasteiger partial charge in [-0.25, -0.2) is 4.79 Å². The highest BCUT2D eigenvalue weighted by Gasteiger charge is 2.47. The Kier molecular flexibility index (Phi) is 12.4. The topological polar surface area (TPSA) is 170 Å². The van der Waals surface area contributed by atoms with Crippen molar-refractivity contribution in [3.05, 3.63) is 62.6 Å². The largest absolute Gasteiger partial charge is 0.486 e. The van der Waals surface area contributed by atoms with Crippen LogP contribution in [0.1, 0.15) is 47.3 Å². The Bertz CT molecular complexity index is 1240. The quantitative estimate of drug-likeness (QED) is 0.220. The monoisotopic (exact) mass is 628 g/mol. The molecule has 0 aliphatic carbocycles. The summed E-state index contributed by atoms with van der Waals surface area (Å²) >= 11 is 13.0. The molecule has 42 heavy (non-hydrogen) atoms. The van der Waals surface area contributed by atoms with Crippen molar-refractivity contribution in [1.82, 2.24) is 5.32 Å². The third-order valence-electron chi connectivity index (χ3n) is 6.84. The predicted molar refractivity (Wildman–Crippen MR) is 155 cm³/mol. The van der Waals surface area contributed by atoms with Crippen LogP contribution in [-0.4, -0.2) is 77.7 Å². The lowest BCUT2D eigenvalue weighted by molar-refractivity contribution is -0.293. The van der Waals surface area contributed by atoms with Gasteiger partial charge in [0, 0.05) is 13.7 Å². The number of aliphatic hydroxyl groups is 3. The molecule has 0 saturated carbocycles. The molecule has 2 aromatic rings. The number of nitrogens with one attached hydrogen (secondary N) is 1. The highest BCUT2D eigenvalue weighted by Crippen LogP contribution is 2.39. The number of carbonyl (C=O) groups is 2. The molecule has 1 heterocycles. The van der Waals surface area contributed by atoms with Crippen molar-refractivity contribution in [2.24, 2.45) is 11.7 Å². The maximum absolute atomic E-state index is 13.1. The Morgan fingerprint density at radius 1 is 1.14 bits per heavy atom. The SMILES string of the molecule is CO[C@H]1O[C@H](CO)[C@@H](O)[C@H](O)[C@H]1OC(=O)c1cc(Cl)c(OCc2cccc(CNC(=O)[C@@H](N)CC(C)C)c2)c(Cl)c1C. The zero-order valence-corrected chi connectivity index (χ0v) is 25.4. The number of esters is 1. The van der Waals surface area contributed by atoms with E-state index in [2.05, 4.69) is 5.32 Å². The van der Waals surface area contributed by atoms with Gasteiger partial charge in [-0.15, -0.1) is 0 Å². The molecule has 0 spiro atoms. The van der Waals surface area contributed by atoms with Crippen LogP contribution in [0.2, 0.25) is 10.0 Å². The zero-order valence-electron chi connectivity index (χ0n) is 23.9. The van der Waals surface area contributed by atoms with E-state index in [4.69, 9.17) is 47.9 Å². The molecule has 232 valence electrons. The zero-order chi connectivity index (χ0) is 31.1. The molecule has 0 unspecified atom stereocenters. The van der Waals surface area contributed by atoms with Gasteiger partial charge in [-0.3, -0.25) is 4.79 Å². The second-order valence-electron chi connectivity index (χ2n) is 10.5. The minimum Gasteiger partial charge on any atom is -0.486 e. The molecular formula is C29H38Cl2N2O9. The van der Waals surface area contributed by atoms with Gasteiger partial charge in [0.05, 0.1) is 28.3 Å².